The number of likely N-dealkylation sites (tertiary alicyclic amines) is 1. The van der Waals surface area contributed by atoms with E-state index < -0.39 is 0 Å². The first-order chi connectivity index (χ1) is 16.2. The van der Waals surface area contributed by atoms with Crippen LogP contribution in [-0.4, -0.2) is 44.7 Å². The molecule has 0 atom stereocenters. The molecule has 6 nitrogen and oxygen atoms in total. The largest absolute Gasteiger partial charge is 0.297 e. The Morgan fingerprint density at radius 3 is 2.70 bits per heavy atom. The van der Waals surface area contributed by atoms with E-state index in [0.717, 1.165) is 48.7 Å². The molecule has 5 rings (SSSR count). The number of aromatic nitrogens is 3. The zero-order valence-electron chi connectivity index (χ0n) is 18.7. The van der Waals surface area contributed by atoms with Gasteiger partial charge in [-0.2, -0.15) is 0 Å². The first-order valence-corrected chi connectivity index (χ1v) is 12.2. The third-order valence-electron chi connectivity index (χ3n) is 6.07. The molecule has 0 unspecified atom stereocenters. The van der Waals surface area contributed by atoms with Gasteiger partial charge in [0, 0.05) is 44.1 Å². The molecule has 0 N–H and O–H groups in total. The molecule has 3 aromatic heterocycles. The summed E-state index contributed by atoms with van der Waals surface area (Å²) in [6.07, 6.45) is 5.59. The summed E-state index contributed by atoms with van der Waals surface area (Å²) >= 11 is 1.48. The zero-order valence-corrected chi connectivity index (χ0v) is 19.5. The average molecular weight is 458 g/mol. The Balaban J connectivity index is 1.37. The van der Waals surface area contributed by atoms with E-state index in [-0.39, 0.29) is 11.9 Å². The van der Waals surface area contributed by atoms with Crippen molar-refractivity contribution in [2.45, 2.75) is 32.4 Å². The highest BCUT2D eigenvalue weighted by molar-refractivity contribution is 7.12. The minimum absolute atomic E-state index is 0.0302. The summed E-state index contributed by atoms with van der Waals surface area (Å²) in [5, 5.41) is 6.77. The number of hydrogen-bond donors (Lipinski definition) is 0. The number of rotatable bonds is 6. The van der Waals surface area contributed by atoms with Crippen LogP contribution in [0.2, 0.25) is 0 Å². The SMILES string of the molecule is Cc1cccc(-n2ccc(N(C(=O)c3cccs3)C3CCN(Cc4ccccn4)CC3)n2)c1. The van der Waals surface area contributed by atoms with Crippen molar-refractivity contribution in [1.29, 1.82) is 0 Å². The van der Waals surface area contributed by atoms with E-state index in [4.69, 9.17) is 5.10 Å². The van der Waals surface area contributed by atoms with Crippen molar-refractivity contribution in [2.75, 3.05) is 18.0 Å². The number of thiophene rings is 1. The number of hydrogen-bond acceptors (Lipinski definition) is 5. The molecule has 1 aliphatic heterocycles. The van der Waals surface area contributed by atoms with E-state index in [1.165, 1.54) is 16.9 Å². The molecule has 1 aromatic carbocycles. The quantitative estimate of drug-likeness (QED) is 0.411. The molecule has 0 aliphatic carbocycles. The van der Waals surface area contributed by atoms with Gasteiger partial charge in [-0.3, -0.25) is 19.6 Å². The molecular formula is C26H27N5OS. The standard InChI is InChI=1S/C26H27N5OS/c1-20-6-4-8-23(18-20)30-16-12-25(28-30)31(26(32)24-9-5-17-33-24)22-10-14-29(15-11-22)19-21-7-2-3-13-27-21/h2-9,12-13,16-18,22H,10-11,14-15,19H2,1H3. The second-order valence-electron chi connectivity index (χ2n) is 8.44. The third-order valence-corrected chi connectivity index (χ3v) is 6.93. The molecule has 1 aliphatic rings. The molecule has 0 radical (unpaired) electrons. The molecule has 1 saturated heterocycles. The van der Waals surface area contributed by atoms with Crippen molar-refractivity contribution in [3.8, 4) is 5.69 Å². The Bertz CT molecular complexity index is 1200. The second kappa shape index (κ2) is 9.68. The summed E-state index contributed by atoms with van der Waals surface area (Å²) in [5.41, 5.74) is 3.26. The van der Waals surface area contributed by atoms with Crippen LogP contribution in [0.1, 0.15) is 33.8 Å². The number of carbonyl (C=O) groups is 1. The number of nitrogens with zero attached hydrogens (tertiary/aromatic N) is 5. The smallest absolute Gasteiger partial charge is 0.269 e. The third kappa shape index (κ3) is 4.89. The molecule has 33 heavy (non-hydrogen) atoms. The summed E-state index contributed by atoms with van der Waals surface area (Å²) < 4.78 is 1.85. The number of benzene rings is 1. The fourth-order valence-corrected chi connectivity index (χ4v) is 5.05. The summed E-state index contributed by atoms with van der Waals surface area (Å²) in [6, 6.07) is 20.2. The van der Waals surface area contributed by atoms with Crippen LogP contribution in [0.3, 0.4) is 0 Å². The van der Waals surface area contributed by atoms with Crippen LogP contribution in [0.4, 0.5) is 5.82 Å². The van der Waals surface area contributed by atoms with Gasteiger partial charge in [0.05, 0.1) is 16.3 Å². The van der Waals surface area contributed by atoms with Crippen molar-refractivity contribution >= 4 is 23.1 Å². The predicted molar refractivity (Wildman–Crippen MR) is 132 cm³/mol. The molecule has 1 fully saturated rings. The van der Waals surface area contributed by atoms with E-state index in [1.54, 1.807) is 0 Å². The lowest BCUT2D eigenvalue weighted by atomic mass is 10.0. The highest BCUT2D eigenvalue weighted by Gasteiger charge is 2.31. The highest BCUT2D eigenvalue weighted by Crippen LogP contribution is 2.27. The van der Waals surface area contributed by atoms with Gasteiger partial charge < -0.3 is 0 Å². The van der Waals surface area contributed by atoms with Crippen molar-refractivity contribution in [1.82, 2.24) is 19.7 Å². The lowest BCUT2D eigenvalue weighted by Gasteiger charge is -2.37. The van der Waals surface area contributed by atoms with Crippen LogP contribution >= 0.6 is 11.3 Å². The summed E-state index contributed by atoms with van der Waals surface area (Å²) in [5.74, 6) is 0.737. The predicted octanol–water partition coefficient (Wildman–Crippen LogP) is 4.95. The number of aryl methyl sites for hydroxylation is 1. The molecule has 0 spiro atoms. The summed E-state index contributed by atoms with van der Waals surface area (Å²) in [6.45, 7) is 4.76. The van der Waals surface area contributed by atoms with Crippen molar-refractivity contribution in [3.63, 3.8) is 0 Å². The van der Waals surface area contributed by atoms with Gasteiger partial charge >= 0.3 is 0 Å². The van der Waals surface area contributed by atoms with Gasteiger partial charge in [0.15, 0.2) is 5.82 Å². The van der Waals surface area contributed by atoms with Crippen LogP contribution in [0.25, 0.3) is 5.69 Å². The molecule has 4 aromatic rings. The van der Waals surface area contributed by atoms with Gasteiger partial charge in [0.1, 0.15) is 0 Å². The number of piperidine rings is 1. The fourth-order valence-electron chi connectivity index (χ4n) is 4.39. The zero-order chi connectivity index (χ0) is 22.6. The number of carbonyl (C=O) groups excluding carboxylic acids is 1. The normalized spacial score (nSPS) is 14.9. The Kier molecular flexibility index (Phi) is 6.32. The van der Waals surface area contributed by atoms with Gasteiger partial charge in [0.25, 0.3) is 5.91 Å². The minimum atomic E-state index is 0.0302. The molecule has 168 valence electrons. The Hall–Kier alpha value is -3.29. The van der Waals surface area contributed by atoms with E-state index in [1.807, 2.05) is 69.8 Å². The van der Waals surface area contributed by atoms with Gasteiger partial charge in [-0.05, 0) is 61.0 Å². The molecule has 0 saturated carbocycles. The van der Waals surface area contributed by atoms with Crippen LogP contribution in [0.15, 0.2) is 78.4 Å². The monoisotopic (exact) mass is 457 g/mol. The fraction of sp³-hybridized carbons (Fsp3) is 0.269. The topological polar surface area (TPSA) is 54.3 Å². The molecule has 1 amide bonds. The van der Waals surface area contributed by atoms with Crippen molar-refractivity contribution in [2.24, 2.45) is 0 Å². The number of amides is 1. The molecular weight excluding hydrogens is 430 g/mol. The van der Waals surface area contributed by atoms with Crippen LogP contribution in [0, 0.1) is 6.92 Å². The Morgan fingerprint density at radius 2 is 1.97 bits per heavy atom. The van der Waals surface area contributed by atoms with E-state index >= 15 is 0 Å². The molecule has 7 heteroatoms. The lowest BCUT2D eigenvalue weighted by molar-refractivity contribution is 0.0961. The van der Waals surface area contributed by atoms with Crippen LogP contribution in [-0.2, 0) is 6.54 Å². The van der Waals surface area contributed by atoms with Gasteiger partial charge in [-0.25, -0.2) is 4.68 Å². The second-order valence-corrected chi connectivity index (χ2v) is 9.39. The maximum atomic E-state index is 13.5. The minimum Gasteiger partial charge on any atom is -0.297 e. The van der Waals surface area contributed by atoms with E-state index in [0.29, 0.717) is 5.82 Å². The van der Waals surface area contributed by atoms with Gasteiger partial charge in [-0.1, -0.05) is 24.3 Å². The Labute approximate surface area is 198 Å². The van der Waals surface area contributed by atoms with E-state index in [2.05, 4.69) is 35.0 Å². The maximum absolute atomic E-state index is 13.5. The maximum Gasteiger partial charge on any atom is 0.269 e. The highest BCUT2D eigenvalue weighted by atomic mass is 32.1. The van der Waals surface area contributed by atoms with Crippen molar-refractivity contribution in [3.05, 3.63) is 94.6 Å². The number of pyridine rings is 1. The van der Waals surface area contributed by atoms with Crippen LogP contribution in [0.5, 0.6) is 0 Å². The van der Waals surface area contributed by atoms with E-state index in [9.17, 15) is 4.79 Å². The lowest BCUT2D eigenvalue weighted by Crippen LogP contribution is -2.47. The van der Waals surface area contributed by atoms with Crippen molar-refractivity contribution < 1.29 is 4.79 Å². The molecule has 0 bridgehead atoms. The average Bonchev–Trinajstić information content (AvgIpc) is 3.54. The Morgan fingerprint density at radius 1 is 1.09 bits per heavy atom. The summed E-state index contributed by atoms with van der Waals surface area (Å²) in [4.78, 5) is 23.1. The first-order valence-electron chi connectivity index (χ1n) is 11.3. The number of anilines is 1. The summed E-state index contributed by atoms with van der Waals surface area (Å²) in [7, 11) is 0. The van der Waals surface area contributed by atoms with Gasteiger partial charge in [0.2, 0.25) is 0 Å². The van der Waals surface area contributed by atoms with Crippen LogP contribution < -0.4 is 4.90 Å². The molecule has 4 heterocycles. The van der Waals surface area contributed by atoms with Gasteiger partial charge in [-0.15, -0.1) is 16.4 Å². The first kappa shape index (κ1) is 21.6.